The minimum Gasteiger partial charge on any atom is -0.387 e. The van der Waals surface area contributed by atoms with Crippen LogP contribution in [0.5, 0.6) is 0 Å². The lowest BCUT2D eigenvalue weighted by atomic mass is 10.2. The van der Waals surface area contributed by atoms with E-state index in [4.69, 9.17) is 0 Å². The Hall–Kier alpha value is -1.95. The molecule has 0 radical (unpaired) electrons. The highest BCUT2D eigenvalue weighted by atomic mass is 32.1. The predicted octanol–water partition coefficient (Wildman–Crippen LogP) is 2.16. The van der Waals surface area contributed by atoms with E-state index < -0.39 is 0 Å². The van der Waals surface area contributed by atoms with Crippen molar-refractivity contribution in [3.05, 3.63) is 40.1 Å². The first-order valence-electron chi connectivity index (χ1n) is 5.88. The number of pyridine rings is 1. The average molecular weight is 276 g/mol. The van der Waals surface area contributed by atoms with Crippen molar-refractivity contribution < 1.29 is 4.79 Å². The Kier molecular flexibility index (Phi) is 4.11. The topological polar surface area (TPSA) is 58.1 Å². The van der Waals surface area contributed by atoms with Crippen LogP contribution in [0.4, 0.5) is 5.69 Å². The number of amides is 1. The van der Waals surface area contributed by atoms with Crippen LogP contribution >= 0.6 is 11.3 Å². The van der Waals surface area contributed by atoms with Crippen molar-refractivity contribution in [3.63, 3.8) is 0 Å². The van der Waals surface area contributed by atoms with Gasteiger partial charge in [-0.1, -0.05) is 0 Å². The minimum absolute atomic E-state index is 0.0650. The zero-order valence-corrected chi connectivity index (χ0v) is 12.0. The number of hydrogen-bond acceptors (Lipinski definition) is 5. The van der Waals surface area contributed by atoms with E-state index in [1.54, 1.807) is 30.7 Å². The number of hydrogen-bond donors (Lipinski definition) is 1. The molecule has 0 bridgehead atoms. The zero-order valence-electron chi connectivity index (χ0n) is 11.2. The molecule has 0 saturated heterocycles. The van der Waals surface area contributed by atoms with Crippen LogP contribution in [-0.2, 0) is 6.54 Å². The second kappa shape index (κ2) is 5.79. The van der Waals surface area contributed by atoms with Crippen molar-refractivity contribution in [2.24, 2.45) is 0 Å². The summed E-state index contributed by atoms with van der Waals surface area (Å²) in [5.74, 6) is -0.0650. The summed E-state index contributed by atoms with van der Waals surface area (Å²) < 4.78 is 0. The van der Waals surface area contributed by atoms with Crippen LogP contribution in [0.2, 0.25) is 0 Å². The number of thiazole rings is 1. The second-order valence-corrected chi connectivity index (χ2v) is 4.98. The number of carbonyl (C=O) groups is 1. The van der Waals surface area contributed by atoms with Crippen molar-refractivity contribution >= 4 is 22.9 Å². The van der Waals surface area contributed by atoms with Crippen LogP contribution in [0.15, 0.2) is 23.2 Å². The molecule has 100 valence electrons. The maximum absolute atomic E-state index is 12.4. The molecule has 2 aromatic heterocycles. The van der Waals surface area contributed by atoms with Crippen LogP contribution in [0.3, 0.4) is 0 Å². The highest BCUT2D eigenvalue weighted by Gasteiger charge is 2.16. The predicted molar refractivity (Wildman–Crippen MR) is 76.4 cm³/mol. The molecule has 1 N–H and O–H groups in total. The number of rotatable bonds is 4. The van der Waals surface area contributed by atoms with Gasteiger partial charge in [-0.3, -0.25) is 9.78 Å². The second-order valence-electron chi connectivity index (χ2n) is 4.26. The van der Waals surface area contributed by atoms with Crippen LogP contribution in [0.1, 0.15) is 21.7 Å². The molecule has 1 amide bonds. The van der Waals surface area contributed by atoms with Gasteiger partial charge in [0, 0.05) is 31.4 Å². The molecular weight excluding hydrogens is 260 g/mol. The number of nitrogens with zero attached hydrogens (tertiary/aromatic N) is 3. The third-order valence-electron chi connectivity index (χ3n) is 2.77. The Bertz CT molecular complexity index is 568. The molecule has 2 heterocycles. The zero-order chi connectivity index (χ0) is 13.8. The SMILES string of the molecule is CNc1cc(C)ncc1C(=O)N(C)Cc1cscn1. The molecule has 0 aliphatic rings. The van der Waals surface area contributed by atoms with Crippen molar-refractivity contribution in [2.75, 3.05) is 19.4 Å². The van der Waals surface area contributed by atoms with Gasteiger partial charge in [0.15, 0.2) is 0 Å². The lowest BCUT2D eigenvalue weighted by molar-refractivity contribution is 0.0784. The fourth-order valence-electron chi connectivity index (χ4n) is 1.77. The smallest absolute Gasteiger partial charge is 0.257 e. The molecule has 0 aliphatic carbocycles. The number of carbonyl (C=O) groups excluding carboxylic acids is 1. The van der Waals surface area contributed by atoms with Gasteiger partial charge in [0.05, 0.1) is 29.0 Å². The van der Waals surface area contributed by atoms with Crippen LogP contribution < -0.4 is 5.32 Å². The number of anilines is 1. The number of nitrogens with one attached hydrogen (secondary N) is 1. The lowest BCUT2D eigenvalue weighted by Crippen LogP contribution is -2.27. The van der Waals surface area contributed by atoms with E-state index in [2.05, 4.69) is 15.3 Å². The van der Waals surface area contributed by atoms with Crippen molar-refractivity contribution in [3.8, 4) is 0 Å². The van der Waals surface area contributed by atoms with Crippen molar-refractivity contribution in [2.45, 2.75) is 13.5 Å². The van der Waals surface area contributed by atoms with E-state index >= 15 is 0 Å². The van der Waals surface area contributed by atoms with Crippen LogP contribution in [-0.4, -0.2) is 34.9 Å². The summed E-state index contributed by atoms with van der Waals surface area (Å²) in [6, 6.07) is 1.86. The first kappa shape index (κ1) is 13.5. The standard InChI is InChI=1S/C13H16N4OS/c1-9-4-12(14-2)11(5-15-9)13(18)17(3)6-10-7-19-8-16-10/h4-5,7-8H,6H2,1-3H3,(H,14,15). The summed E-state index contributed by atoms with van der Waals surface area (Å²) in [5, 5.41) is 4.97. The summed E-state index contributed by atoms with van der Waals surface area (Å²) in [6.45, 7) is 2.40. The highest BCUT2D eigenvalue weighted by molar-refractivity contribution is 7.07. The van der Waals surface area contributed by atoms with E-state index in [-0.39, 0.29) is 5.91 Å². The van der Waals surface area contributed by atoms with Crippen LogP contribution in [0, 0.1) is 6.92 Å². The van der Waals surface area contributed by atoms with Gasteiger partial charge < -0.3 is 10.2 Å². The Morgan fingerprint density at radius 1 is 1.47 bits per heavy atom. The maximum Gasteiger partial charge on any atom is 0.257 e. The molecule has 6 heteroatoms. The van der Waals surface area contributed by atoms with Gasteiger partial charge in [0.25, 0.3) is 5.91 Å². The summed E-state index contributed by atoms with van der Waals surface area (Å²) >= 11 is 1.52. The van der Waals surface area contributed by atoms with Crippen LogP contribution in [0.25, 0.3) is 0 Å². The molecule has 5 nitrogen and oxygen atoms in total. The van der Waals surface area contributed by atoms with Gasteiger partial charge in [0.2, 0.25) is 0 Å². The molecule has 0 aliphatic heterocycles. The Morgan fingerprint density at radius 2 is 2.26 bits per heavy atom. The highest BCUT2D eigenvalue weighted by Crippen LogP contribution is 2.17. The summed E-state index contributed by atoms with van der Waals surface area (Å²) in [6.07, 6.45) is 1.61. The molecule has 2 aromatic rings. The fraction of sp³-hybridized carbons (Fsp3) is 0.308. The summed E-state index contributed by atoms with van der Waals surface area (Å²) in [7, 11) is 3.56. The molecule has 0 fully saturated rings. The Balaban J connectivity index is 2.19. The normalized spacial score (nSPS) is 10.3. The number of aromatic nitrogens is 2. The molecule has 0 atom stereocenters. The van der Waals surface area contributed by atoms with E-state index in [1.165, 1.54) is 11.3 Å². The molecule has 0 spiro atoms. The largest absolute Gasteiger partial charge is 0.387 e. The Labute approximate surface area is 116 Å². The summed E-state index contributed by atoms with van der Waals surface area (Å²) in [4.78, 5) is 22.4. The molecular formula is C13H16N4OS. The first-order chi connectivity index (χ1) is 9.11. The molecule has 0 saturated carbocycles. The number of aryl methyl sites for hydroxylation is 1. The van der Waals surface area contributed by atoms with E-state index in [0.29, 0.717) is 12.1 Å². The van der Waals surface area contributed by atoms with Gasteiger partial charge in [-0.05, 0) is 13.0 Å². The van der Waals surface area contributed by atoms with Gasteiger partial charge in [-0.25, -0.2) is 4.98 Å². The Morgan fingerprint density at radius 3 is 2.89 bits per heavy atom. The van der Waals surface area contributed by atoms with Gasteiger partial charge in [-0.15, -0.1) is 11.3 Å². The van der Waals surface area contributed by atoms with Gasteiger partial charge in [0.1, 0.15) is 0 Å². The third-order valence-corrected chi connectivity index (χ3v) is 3.41. The van der Waals surface area contributed by atoms with Crippen molar-refractivity contribution in [1.29, 1.82) is 0 Å². The lowest BCUT2D eigenvalue weighted by Gasteiger charge is -2.18. The molecule has 0 aromatic carbocycles. The monoisotopic (exact) mass is 276 g/mol. The third kappa shape index (κ3) is 3.08. The summed E-state index contributed by atoms with van der Waals surface area (Å²) in [5.41, 5.74) is 4.91. The van der Waals surface area contributed by atoms with Gasteiger partial charge in [-0.2, -0.15) is 0 Å². The van der Waals surface area contributed by atoms with E-state index in [1.807, 2.05) is 18.4 Å². The van der Waals surface area contributed by atoms with E-state index in [0.717, 1.165) is 17.1 Å². The quantitative estimate of drug-likeness (QED) is 0.929. The van der Waals surface area contributed by atoms with Gasteiger partial charge >= 0.3 is 0 Å². The van der Waals surface area contributed by atoms with E-state index in [9.17, 15) is 4.79 Å². The first-order valence-corrected chi connectivity index (χ1v) is 6.83. The van der Waals surface area contributed by atoms with Crippen molar-refractivity contribution in [1.82, 2.24) is 14.9 Å². The molecule has 19 heavy (non-hydrogen) atoms. The molecule has 0 unspecified atom stereocenters. The molecule has 2 rings (SSSR count). The minimum atomic E-state index is -0.0650. The fourth-order valence-corrected chi connectivity index (χ4v) is 2.32. The average Bonchev–Trinajstić information content (AvgIpc) is 2.90. The maximum atomic E-state index is 12.4.